The fraction of sp³-hybridized carbons (Fsp3) is 0.529. The Balaban J connectivity index is 1.69. The molecule has 2 atom stereocenters. The molecule has 0 spiro atoms. The molecule has 2 heterocycles. The molecule has 0 radical (unpaired) electrons. The fourth-order valence-electron chi connectivity index (χ4n) is 3.30. The van der Waals surface area contributed by atoms with E-state index in [1.54, 1.807) is 31.2 Å². The molecular formula is C17H23N3O3. The molecule has 3 rings (SSSR count). The lowest BCUT2D eigenvalue weighted by Gasteiger charge is -2.25. The van der Waals surface area contributed by atoms with Gasteiger partial charge >= 0.3 is 12.0 Å². The van der Waals surface area contributed by atoms with Gasteiger partial charge in [-0.05, 0) is 38.3 Å². The van der Waals surface area contributed by atoms with Crippen molar-refractivity contribution in [3.05, 3.63) is 29.8 Å². The molecule has 0 aromatic heterocycles. The highest BCUT2D eigenvalue weighted by molar-refractivity contribution is 6.00. The van der Waals surface area contributed by atoms with Crippen molar-refractivity contribution in [2.45, 2.75) is 38.3 Å². The van der Waals surface area contributed by atoms with Gasteiger partial charge in [0.25, 0.3) is 0 Å². The van der Waals surface area contributed by atoms with E-state index in [9.17, 15) is 9.59 Å². The molecule has 1 aromatic carbocycles. The summed E-state index contributed by atoms with van der Waals surface area (Å²) < 4.78 is 5.04. The molecule has 0 unspecified atom stereocenters. The second kappa shape index (κ2) is 7.00. The first kappa shape index (κ1) is 15.8. The van der Waals surface area contributed by atoms with Crippen LogP contribution in [0.4, 0.5) is 10.5 Å². The minimum absolute atomic E-state index is 0.156. The van der Waals surface area contributed by atoms with E-state index < -0.39 is 5.97 Å². The Bertz CT molecular complexity index is 590. The number of nitrogens with zero attached hydrogens (tertiary/aromatic N) is 1. The highest BCUT2D eigenvalue weighted by Gasteiger charge is 2.31. The van der Waals surface area contributed by atoms with E-state index in [4.69, 9.17) is 4.74 Å². The lowest BCUT2D eigenvalue weighted by molar-refractivity contribution is 0.0527. The summed E-state index contributed by atoms with van der Waals surface area (Å²) in [5, 5.41) is 6.42. The lowest BCUT2D eigenvalue weighted by atomic mass is 10.1. The summed E-state index contributed by atoms with van der Waals surface area (Å²) in [6.07, 6.45) is 3.29. The van der Waals surface area contributed by atoms with E-state index in [2.05, 4.69) is 10.6 Å². The monoisotopic (exact) mass is 317 g/mol. The Morgan fingerprint density at radius 1 is 1.26 bits per heavy atom. The first-order valence-corrected chi connectivity index (χ1v) is 8.25. The van der Waals surface area contributed by atoms with Crippen molar-refractivity contribution < 1.29 is 14.3 Å². The summed E-state index contributed by atoms with van der Waals surface area (Å²) in [6, 6.07) is 7.71. The van der Waals surface area contributed by atoms with Gasteiger partial charge in [-0.25, -0.2) is 9.59 Å². The number of benzene rings is 1. The molecule has 2 aliphatic rings. The van der Waals surface area contributed by atoms with Gasteiger partial charge < -0.3 is 20.3 Å². The highest BCUT2D eigenvalue weighted by Crippen LogP contribution is 2.22. The van der Waals surface area contributed by atoms with Gasteiger partial charge in [-0.2, -0.15) is 0 Å². The smallest absolute Gasteiger partial charge is 0.340 e. The molecule has 2 amide bonds. The zero-order valence-electron chi connectivity index (χ0n) is 13.4. The van der Waals surface area contributed by atoms with Crippen LogP contribution in [0, 0.1) is 0 Å². The Morgan fingerprint density at radius 3 is 2.87 bits per heavy atom. The Labute approximate surface area is 136 Å². The van der Waals surface area contributed by atoms with Gasteiger partial charge in [0.1, 0.15) is 0 Å². The first-order valence-electron chi connectivity index (χ1n) is 8.25. The number of anilines is 1. The number of hydrogen-bond donors (Lipinski definition) is 2. The van der Waals surface area contributed by atoms with Crippen LogP contribution in [0.2, 0.25) is 0 Å². The third kappa shape index (κ3) is 3.64. The van der Waals surface area contributed by atoms with Crippen molar-refractivity contribution in [2.24, 2.45) is 0 Å². The lowest BCUT2D eigenvalue weighted by Crippen LogP contribution is -2.41. The molecule has 2 bridgehead atoms. The number of carbonyl (C=O) groups excluding carboxylic acids is 2. The molecular weight excluding hydrogens is 294 g/mol. The average Bonchev–Trinajstić information content (AvgIpc) is 2.87. The van der Waals surface area contributed by atoms with E-state index in [-0.39, 0.29) is 6.03 Å². The van der Waals surface area contributed by atoms with E-state index in [0.29, 0.717) is 36.5 Å². The van der Waals surface area contributed by atoms with E-state index in [1.807, 2.05) is 4.90 Å². The predicted molar refractivity (Wildman–Crippen MR) is 87.6 cm³/mol. The molecule has 2 N–H and O–H groups in total. The highest BCUT2D eigenvalue weighted by atomic mass is 16.5. The van der Waals surface area contributed by atoms with Gasteiger partial charge in [0.15, 0.2) is 0 Å². The molecule has 6 nitrogen and oxygen atoms in total. The van der Waals surface area contributed by atoms with Crippen LogP contribution in [0.3, 0.4) is 0 Å². The van der Waals surface area contributed by atoms with Gasteiger partial charge in [0.05, 0.1) is 17.9 Å². The third-order valence-electron chi connectivity index (χ3n) is 4.47. The summed E-state index contributed by atoms with van der Waals surface area (Å²) in [6.45, 7) is 3.52. The summed E-state index contributed by atoms with van der Waals surface area (Å²) in [7, 11) is 0. The quantitative estimate of drug-likeness (QED) is 0.839. The number of esters is 1. The fourth-order valence-corrected chi connectivity index (χ4v) is 3.30. The van der Waals surface area contributed by atoms with Gasteiger partial charge in [-0.1, -0.05) is 12.1 Å². The van der Waals surface area contributed by atoms with Gasteiger partial charge in [0.2, 0.25) is 0 Å². The molecule has 2 fully saturated rings. The van der Waals surface area contributed by atoms with E-state index >= 15 is 0 Å². The standard InChI is InChI=1S/C17H23N3O3/c1-2-23-16(21)14-5-3-4-6-15(14)19-17(22)20-10-9-12-7-8-13(11-20)18-12/h3-6,12-13,18H,2,7-11H2,1H3,(H,19,22)/t12-,13+/m1/s1. The SMILES string of the molecule is CCOC(=O)c1ccccc1NC(=O)N1CC[C@H]2CC[C@@H](C1)N2. The number of urea groups is 1. The number of carbonyl (C=O) groups is 2. The zero-order valence-corrected chi connectivity index (χ0v) is 13.4. The number of likely N-dealkylation sites (tertiary alicyclic amines) is 1. The molecule has 6 heteroatoms. The normalized spacial score (nSPS) is 23.3. The molecule has 2 saturated heterocycles. The second-order valence-electron chi connectivity index (χ2n) is 6.07. The zero-order chi connectivity index (χ0) is 16.2. The summed E-state index contributed by atoms with van der Waals surface area (Å²) in [5.41, 5.74) is 0.885. The van der Waals surface area contributed by atoms with Crippen LogP contribution >= 0.6 is 0 Å². The van der Waals surface area contributed by atoms with Gasteiger partial charge in [-0.3, -0.25) is 0 Å². The van der Waals surface area contributed by atoms with Crippen LogP contribution < -0.4 is 10.6 Å². The maximum atomic E-state index is 12.6. The summed E-state index contributed by atoms with van der Waals surface area (Å²) in [4.78, 5) is 26.4. The predicted octanol–water partition coefficient (Wildman–Crippen LogP) is 2.22. The Hall–Kier alpha value is -2.08. The molecule has 2 aliphatic heterocycles. The number of para-hydroxylation sites is 1. The Morgan fingerprint density at radius 2 is 2.04 bits per heavy atom. The van der Waals surface area contributed by atoms with Crippen molar-refractivity contribution in [1.82, 2.24) is 10.2 Å². The first-order chi connectivity index (χ1) is 11.2. The molecule has 23 heavy (non-hydrogen) atoms. The van der Waals surface area contributed by atoms with E-state index in [0.717, 1.165) is 19.4 Å². The van der Waals surface area contributed by atoms with Crippen molar-refractivity contribution in [3.8, 4) is 0 Å². The van der Waals surface area contributed by atoms with Crippen LogP contribution in [0.15, 0.2) is 24.3 Å². The number of ether oxygens (including phenoxy) is 1. The van der Waals surface area contributed by atoms with Crippen molar-refractivity contribution >= 4 is 17.7 Å². The maximum absolute atomic E-state index is 12.6. The molecule has 1 aromatic rings. The summed E-state index contributed by atoms with van der Waals surface area (Å²) >= 11 is 0. The maximum Gasteiger partial charge on any atom is 0.340 e. The largest absolute Gasteiger partial charge is 0.462 e. The van der Waals surface area contributed by atoms with Gasteiger partial charge in [0, 0.05) is 25.2 Å². The van der Waals surface area contributed by atoms with Crippen LogP contribution in [-0.2, 0) is 4.74 Å². The Kier molecular flexibility index (Phi) is 4.81. The van der Waals surface area contributed by atoms with Crippen LogP contribution in [0.25, 0.3) is 0 Å². The minimum Gasteiger partial charge on any atom is -0.462 e. The van der Waals surface area contributed by atoms with Crippen molar-refractivity contribution in [1.29, 1.82) is 0 Å². The third-order valence-corrected chi connectivity index (χ3v) is 4.47. The molecule has 0 aliphatic carbocycles. The second-order valence-corrected chi connectivity index (χ2v) is 6.07. The summed E-state index contributed by atoms with van der Waals surface area (Å²) in [5.74, 6) is -0.417. The van der Waals surface area contributed by atoms with Crippen molar-refractivity contribution in [2.75, 3.05) is 25.0 Å². The minimum atomic E-state index is -0.417. The average molecular weight is 317 g/mol. The topological polar surface area (TPSA) is 70.7 Å². The van der Waals surface area contributed by atoms with Crippen LogP contribution in [0.5, 0.6) is 0 Å². The number of hydrogen-bond acceptors (Lipinski definition) is 4. The van der Waals surface area contributed by atoms with E-state index in [1.165, 1.54) is 6.42 Å². The molecule has 0 saturated carbocycles. The number of fused-ring (bicyclic) bond motifs is 2. The number of nitrogens with one attached hydrogen (secondary N) is 2. The van der Waals surface area contributed by atoms with Crippen molar-refractivity contribution in [3.63, 3.8) is 0 Å². The number of rotatable bonds is 3. The van der Waals surface area contributed by atoms with Gasteiger partial charge in [-0.15, -0.1) is 0 Å². The van der Waals surface area contributed by atoms with Crippen LogP contribution in [-0.4, -0.2) is 48.7 Å². The number of amides is 2. The van der Waals surface area contributed by atoms with Crippen LogP contribution in [0.1, 0.15) is 36.5 Å². The molecule has 124 valence electrons.